The third-order valence-corrected chi connectivity index (χ3v) is 11.1. The fraction of sp³-hybridized carbons (Fsp3) is 0.295. The van der Waals surface area contributed by atoms with Crippen LogP contribution in [-0.4, -0.2) is 62.4 Å². The molecule has 0 aliphatic carbocycles. The number of para-hydroxylation sites is 1. The molecule has 3 aliphatic heterocycles. The normalized spacial score (nSPS) is 17.4. The highest BCUT2D eigenvalue weighted by atomic mass is 35.5. The monoisotopic (exact) mass is 813 g/mol. The summed E-state index contributed by atoms with van der Waals surface area (Å²) >= 11 is 13.0. The minimum absolute atomic E-state index is 0. The van der Waals surface area contributed by atoms with E-state index < -0.39 is 12.1 Å². The smallest absolute Gasteiger partial charge is 0.414 e. The molecule has 2 N–H and O–H groups in total. The van der Waals surface area contributed by atoms with Crippen LogP contribution >= 0.6 is 23.2 Å². The molecule has 298 valence electrons. The van der Waals surface area contributed by atoms with Gasteiger partial charge in [-0.15, -0.1) is 0 Å². The molecule has 57 heavy (non-hydrogen) atoms. The molecular weight excluding hydrogens is 769 g/mol. The van der Waals surface area contributed by atoms with Gasteiger partial charge in [-0.25, -0.2) is 14.6 Å². The van der Waals surface area contributed by atoms with Gasteiger partial charge in [0.1, 0.15) is 34.6 Å². The second-order valence-corrected chi connectivity index (χ2v) is 14.8. The summed E-state index contributed by atoms with van der Waals surface area (Å²) in [5.74, 6) is 1.59. The topological polar surface area (TPSA) is 131 Å². The fourth-order valence-electron chi connectivity index (χ4n) is 7.26. The van der Waals surface area contributed by atoms with Crippen molar-refractivity contribution in [3.8, 4) is 17.2 Å². The molecule has 4 aromatic carbocycles. The zero-order valence-corrected chi connectivity index (χ0v) is 33.2. The number of benzene rings is 4. The van der Waals surface area contributed by atoms with E-state index in [1.807, 2.05) is 72.8 Å². The van der Waals surface area contributed by atoms with Crippen molar-refractivity contribution in [2.75, 3.05) is 38.8 Å². The predicted molar refractivity (Wildman–Crippen MR) is 216 cm³/mol. The van der Waals surface area contributed by atoms with Gasteiger partial charge in [0, 0.05) is 24.2 Å². The van der Waals surface area contributed by atoms with E-state index in [0.717, 1.165) is 49.3 Å². The first-order valence-corrected chi connectivity index (χ1v) is 19.4. The van der Waals surface area contributed by atoms with Crippen molar-refractivity contribution in [3.05, 3.63) is 147 Å². The van der Waals surface area contributed by atoms with Crippen molar-refractivity contribution in [1.29, 1.82) is 0 Å². The maximum absolute atomic E-state index is 13.7. The molecule has 8 rings (SSSR count). The number of carbonyl (C=O) groups excluding carboxylic acids is 2. The molecule has 1 aromatic heterocycles. The van der Waals surface area contributed by atoms with Crippen LogP contribution < -0.4 is 24.1 Å². The van der Waals surface area contributed by atoms with E-state index in [4.69, 9.17) is 46.9 Å². The van der Waals surface area contributed by atoms with E-state index >= 15 is 0 Å². The molecule has 3 aliphatic rings. The zero-order valence-electron chi connectivity index (χ0n) is 31.7. The molecule has 2 atom stereocenters. The lowest BCUT2D eigenvalue weighted by Gasteiger charge is -2.44. The number of hydrogen-bond acceptors (Lipinski definition) is 9. The van der Waals surface area contributed by atoms with Crippen LogP contribution in [0.3, 0.4) is 0 Å². The number of ether oxygens (including phenoxy) is 5. The highest BCUT2D eigenvalue weighted by Gasteiger charge is 2.37. The van der Waals surface area contributed by atoms with Crippen LogP contribution in [0.1, 0.15) is 51.6 Å². The van der Waals surface area contributed by atoms with Crippen molar-refractivity contribution in [2.24, 2.45) is 5.92 Å². The molecule has 0 unspecified atom stereocenters. The maximum atomic E-state index is 13.7. The van der Waals surface area contributed by atoms with Crippen molar-refractivity contribution in [3.63, 3.8) is 0 Å². The molecule has 1 amide bonds. The molecule has 0 saturated carbocycles. The number of aromatic amines is 1. The van der Waals surface area contributed by atoms with Crippen LogP contribution in [0, 0.1) is 5.92 Å². The molecule has 11 nitrogen and oxygen atoms in total. The van der Waals surface area contributed by atoms with Crippen LogP contribution in [0.2, 0.25) is 10.0 Å². The van der Waals surface area contributed by atoms with Crippen LogP contribution in [0.4, 0.5) is 10.5 Å². The van der Waals surface area contributed by atoms with E-state index in [1.165, 1.54) is 0 Å². The van der Waals surface area contributed by atoms with Gasteiger partial charge in [0.2, 0.25) is 0 Å². The highest BCUT2D eigenvalue weighted by Crippen LogP contribution is 2.36. The SMILES string of the molecule is COc1ccc([C@H](Cc2c(Cl)c[nH+]cc2Cl)OC(=O)c2ccc(COc3cccc(CN(C(=O)O[C@H]4CN5CCC4CC5)c4ccccc4)c3)cc2)cc1OC.[OH-]. The predicted octanol–water partition coefficient (Wildman–Crippen LogP) is 8.61. The van der Waals surface area contributed by atoms with E-state index in [-0.39, 0.29) is 30.7 Å². The Balaban J connectivity index is 0.00000549. The number of methoxy groups -OCH3 is 2. The molecule has 0 radical (unpaired) electrons. The number of H-pyrrole nitrogens is 1. The number of aromatic nitrogens is 1. The standard InChI is InChI=1S/C44H43Cl2N3O7.H2O/c1-52-39-16-15-33(22-41(39)53-2)40(23-36-37(45)24-47-25-38(36)46)55-43(50)32-13-11-29(12-14-32)28-54-35-10-6-7-30(21-35)26-49(34-8-4-3-5-9-34)44(51)56-42-27-48-19-17-31(42)18-20-48;/h3-16,21-22,24-25,31,40,42H,17-20,23,26-28H2,1-2H3;1H2/t40-,42-;/m0./s1. The first-order valence-electron chi connectivity index (χ1n) is 18.6. The number of esters is 1. The number of halogens is 2. The van der Waals surface area contributed by atoms with Crippen LogP contribution in [0.5, 0.6) is 17.2 Å². The number of anilines is 1. The Labute approximate surface area is 342 Å². The Morgan fingerprint density at radius 2 is 1.56 bits per heavy atom. The lowest BCUT2D eigenvalue weighted by Crippen LogP contribution is -2.53. The van der Waals surface area contributed by atoms with E-state index in [0.29, 0.717) is 56.4 Å². The molecule has 2 bridgehead atoms. The minimum atomic E-state index is -0.741. The number of carbonyl (C=O) groups is 2. The largest absolute Gasteiger partial charge is 0.870 e. The number of nitrogens with zero attached hydrogens (tertiary/aromatic N) is 2. The Hall–Kier alpha value is -5.33. The van der Waals surface area contributed by atoms with Gasteiger partial charge in [0.05, 0.1) is 26.3 Å². The first kappa shape index (κ1) is 41.3. The number of rotatable bonds is 14. The second-order valence-electron chi connectivity index (χ2n) is 14.0. The highest BCUT2D eigenvalue weighted by molar-refractivity contribution is 6.35. The molecule has 0 spiro atoms. The van der Waals surface area contributed by atoms with Crippen LogP contribution in [0.15, 0.2) is 109 Å². The van der Waals surface area contributed by atoms with Crippen LogP contribution in [-0.2, 0) is 29.0 Å². The van der Waals surface area contributed by atoms with Crippen LogP contribution in [0.25, 0.3) is 0 Å². The van der Waals surface area contributed by atoms with Gasteiger partial charge in [-0.05, 0) is 97.1 Å². The van der Waals surface area contributed by atoms with Gasteiger partial charge in [0.15, 0.2) is 23.9 Å². The van der Waals surface area contributed by atoms with Gasteiger partial charge in [-0.1, -0.05) is 71.7 Å². The molecular formula is C44H45Cl2N3O8. The average molecular weight is 815 g/mol. The van der Waals surface area contributed by atoms with Gasteiger partial charge in [-0.3, -0.25) is 9.80 Å². The van der Waals surface area contributed by atoms with Crippen molar-refractivity contribution < 1.29 is 43.7 Å². The Morgan fingerprint density at radius 1 is 0.842 bits per heavy atom. The molecule has 3 fully saturated rings. The molecule has 5 aromatic rings. The summed E-state index contributed by atoms with van der Waals surface area (Å²) in [7, 11) is 3.10. The van der Waals surface area contributed by atoms with E-state index in [9.17, 15) is 9.59 Å². The summed E-state index contributed by atoms with van der Waals surface area (Å²) in [6, 6.07) is 29.7. The number of piperidine rings is 3. The summed E-state index contributed by atoms with van der Waals surface area (Å²) in [6.07, 6.45) is 4.43. The summed E-state index contributed by atoms with van der Waals surface area (Å²) < 4.78 is 29.3. The quantitative estimate of drug-likeness (QED) is 0.101. The van der Waals surface area contributed by atoms with E-state index in [2.05, 4.69) is 9.88 Å². The summed E-state index contributed by atoms with van der Waals surface area (Å²) in [5, 5.41) is 0.842. The Bertz CT molecular complexity index is 2110. The third kappa shape index (κ3) is 10.2. The fourth-order valence-corrected chi connectivity index (χ4v) is 7.79. The zero-order chi connectivity index (χ0) is 39.0. The lowest BCUT2D eigenvalue weighted by molar-refractivity contribution is -0.377. The van der Waals surface area contributed by atoms with Gasteiger partial charge < -0.3 is 29.2 Å². The van der Waals surface area contributed by atoms with E-state index in [1.54, 1.807) is 55.8 Å². The molecule has 13 heteroatoms. The molecule has 3 saturated heterocycles. The summed E-state index contributed by atoms with van der Waals surface area (Å²) in [4.78, 5) is 34.2. The summed E-state index contributed by atoms with van der Waals surface area (Å²) in [5.41, 5.74) is 4.20. The number of amides is 1. The van der Waals surface area contributed by atoms with Gasteiger partial charge in [-0.2, -0.15) is 0 Å². The lowest BCUT2D eigenvalue weighted by atomic mass is 9.86. The first-order chi connectivity index (χ1) is 27.3. The maximum Gasteiger partial charge on any atom is 0.414 e. The number of nitrogens with one attached hydrogen (secondary N) is 1. The Kier molecular flexibility index (Phi) is 13.9. The van der Waals surface area contributed by atoms with Gasteiger partial charge in [0.25, 0.3) is 0 Å². The van der Waals surface area contributed by atoms with Crippen molar-refractivity contribution in [2.45, 2.75) is 44.6 Å². The third-order valence-electron chi connectivity index (χ3n) is 10.4. The van der Waals surface area contributed by atoms with Crippen molar-refractivity contribution in [1.82, 2.24) is 4.90 Å². The number of hydrogen-bond donors (Lipinski definition) is 0. The second kappa shape index (κ2) is 19.2. The van der Waals surface area contributed by atoms with Crippen molar-refractivity contribution >= 4 is 41.0 Å². The minimum Gasteiger partial charge on any atom is -0.870 e. The average Bonchev–Trinajstić information content (AvgIpc) is 3.23. The number of fused-ring (bicyclic) bond motifs is 3. The Morgan fingerprint density at radius 3 is 2.23 bits per heavy atom. The molecule has 4 heterocycles. The van der Waals surface area contributed by atoms with Gasteiger partial charge >= 0.3 is 12.1 Å². The summed E-state index contributed by atoms with van der Waals surface area (Å²) in [6.45, 7) is 3.53. The number of pyridine rings is 1.